The van der Waals surface area contributed by atoms with Crippen LogP contribution in [0.5, 0.6) is 5.75 Å². The number of aromatic nitrogens is 2. The highest BCUT2D eigenvalue weighted by molar-refractivity contribution is 7.80. The van der Waals surface area contributed by atoms with Gasteiger partial charge >= 0.3 is 5.97 Å². The number of halogens is 1. The SMILES string of the molecule is COCCOc1ccc(N2C(=S)N[C@@H](c3ccccn3)[C@@H]2c2cccn2-c2ccccc2C(=O)OC)cc1Cl. The highest BCUT2D eigenvalue weighted by Gasteiger charge is 2.42. The second kappa shape index (κ2) is 11.9. The van der Waals surface area contributed by atoms with Gasteiger partial charge in [-0.1, -0.05) is 29.8 Å². The molecule has 0 amide bonds. The van der Waals surface area contributed by atoms with E-state index in [9.17, 15) is 4.79 Å². The second-order valence-electron chi connectivity index (χ2n) is 8.76. The predicted octanol–water partition coefficient (Wildman–Crippen LogP) is 5.51. The van der Waals surface area contributed by atoms with Crippen LogP contribution in [0.3, 0.4) is 0 Å². The van der Waals surface area contributed by atoms with E-state index in [0.717, 1.165) is 17.1 Å². The Bertz CT molecular complexity index is 1480. The highest BCUT2D eigenvalue weighted by atomic mass is 35.5. The van der Waals surface area contributed by atoms with Gasteiger partial charge in [0, 0.05) is 30.9 Å². The van der Waals surface area contributed by atoms with Crippen LogP contribution in [0.25, 0.3) is 5.69 Å². The number of ether oxygens (including phenoxy) is 3. The Morgan fingerprint density at radius 2 is 1.87 bits per heavy atom. The van der Waals surface area contributed by atoms with Crippen molar-refractivity contribution in [3.8, 4) is 11.4 Å². The first-order valence-electron chi connectivity index (χ1n) is 12.3. The average Bonchev–Trinajstić information content (AvgIpc) is 3.58. The lowest BCUT2D eigenvalue weighted by molar-refractivity contribution is 0.0600. The number of thiocarbonyl (C=S) groups is 1. The third-order valence-electron chi connectivity index (χ3n) is 6.49. The summed E-state index contributed by atoms with van der Waals surface area (Å²) in [5, 5.41) is 4.44. The Kier molecular flexibility index (Phi) is 8.11. The summed E-state index contributed by atoms with van der Waals surface area (Å²) in [7, 11) is 2.99. The van der Waals surface area contributed by atoms with Crippen LogP contribution in [0.1, 0.15) is 33.8 Å². The number of nitrogens with one attached hydrogen (secondary N) is 1. The van der Waals surface area contributed by atoms with Gasteiger partial charge in [0.1, 0.15) is 18.4 Å². The molecule has 1 aliphatic rings. The molecule has 1 aliphatic heterocycles. The summed E-state index contributed by atoms with van der Waals surface area (Å²) >= 11 is 12.5. The Hall–Kier alpha value is -3.92. The number of benzene rings is 2. The molecule has 2 atom stereocenters. The molecule has 0 bridgehead atoms. The van der Waals surface area contributed by atoms with Gasteiger partial charge in [-0.15, -0.1) is 0 Å². The summed E-state index contributed by atoms with van der Waals surface area (Å²) < 4.78 is 17.9. The van der Waals surface area contributed by atoms with Crippen LogP contribution in [0.2, 0.25) is 5.02 Å². The summed E-state index contributed by atoms with van der Waals surface area (Å²) in [4.78, 5) is 19.3. The molecule has 200 valence electrons. The predicted molar refractivity (Wildman–Crippen MR) is 154 cm³/mol. The van der Waals surface area contributed by atoms with Crippen LogP contribution in [0, 0.1) is 0 Å². The molecule has 1 N–H and O–H groups in total. The molecule has 8 nitrogen and oxygen atoms in total. The number of carbonyl (C=O) groups excluding carboxylic acids is 1. The van der Waals surface area contributed by atoms with Crippen molar-refractivity contribution in [1.82, 2.24) is 14.9 Å². The summed E-state index contributed by atoms with van der Waals surface area (Å²) in [5.41, 5.74) is 3.65. The molecule has 0 saturated carbocycles. The molecule has 2 aromatic heterocycles. The summed E-state index contributed by atoms with van der Waals surface area (Å²) in [6, 6.07) is 22.1. The van der Waals surface area contributed by atoms with E-state index in [0.29, 0.717) is 40.3 Å². The number of pyridine rings is 1. The van der Waals surface area contributed by atoms with Gasteiger partial charge in [-0.25, -0.2) is 4.79 Å². The Labute approximate surface area is 237 Å². The average molecular weight is 563 g/mol. The maximum atomic E-state index is 12.6. The number of anilines is 1. The van der Waals surface area contributed by atoms with Gasteiger partial charge in [0.15, 0.2) is 5.11 Å². The van der Waals surface area contributed by atoms with E-state index in [1.54, 1.807) is 19.4 Å². The number of carbonyl (C=O) groups is 1. The number of rotatable bonds is 9. The molecule has 2 aromatic carbocycles. The molecule has 0 unspecified atom stereocenters. The second-order valence-corrected chi connectivity index (χ2v) is 9.56. The maximum Gasteiger partial charge on any atom is 0.339 e. The first-order chi connectivity index (χ1) is 19.0. The standard InChI is InChI=1S/C29H27ClN4O4S/c1-36-16-17-38-25-13-12-19(18-21(25)30)34-27(26(32-29(34)39)22-9-5-6-14-31-22)24-11-7-15-33(24)23-10-4-3-8-20(23)28(35)37-2/h3-15,18,26-27H,16-17H2,1-2H3,(H,32,39)/t26-,27-/m0/s1. The Balaban J connectivity index is 1.62. The van der Waals surface area contributed by atoms with E-state index >= 15 is 0 Å². The molecule has 10 heteroatoms. The van der Waals surface area contributed by atoms with Crippen molar-refractivity contribution in [2.75, 3.05) is 32.3 Å². The van der Waals surface area contributed by atoms with Crippen LogP contribution >= 0.6 is 23.8 Å². The van der Waals surface area contributed by atoms with Crippen LogP contribution in [-0.4, -0.2) is 48.1 Å². The topological polar surface area (TPSA) is 77.9 Å². The summed E-state index contributed by atoms with van der Waals surface area (Å²) in [5.74, 6) is 0.142. The first kappa shape index (κ1) is 26.7. The van der Waals surface area contributed by atoms with Crippen molar-refractivity contribution >= 4 is 40.6 Å². The van der Waals surface area contributed by atoms with Gasteiger partial charge in [0.2, 0.25) is 0 Å². The van der Waals surface area contributed by atoms with Crippen LogP contribution in [0.15, 0.2) is 85.2 Å². The molecule has 5 rings (SSSR count). The van der Waals surface area contributed by atoms with Crippen molar-refractivity contribution in [2.45, 2.75) is 12.1 Å². The largest absolute Gasteiger partial charge is 0.490 e. The number of hydrogen-bond donors (Lipinski definition) is 1. The normalized spacial score (nSPS) is 16.7. The summed E-state index contributed by atoms with van der Waals surface area (Å²) in [6.07, 6.45) is 3.68. The molecule has 4 aromatic rings. The molecule has 0 radical (unpaired) electrons. The third-order valence-corrected chi connectivity index (χ3v) is 7.10. The molecule has 3 heterocycles. The van der Waals surface area contributed by atoms with E-state index in [4.69, 9.17) is 38.0 Å². The lowest BCUT2D eigenvalue weighted by Crippen LogP contribution is -2.30. The zero-order chi connectivity index (χ0) is 27.4. The number of hydrogen-bond acceptors (Lipinski definition) is 6. The number of esters is 1. The Morgan fingerprint density at radius 3 is 2.62 bits per heavy atom. The van der Waals surface area contributed by atoms with Crippen molar-refractivity contribution in [3.05, 3.63) is 107 Å². The van der Waals surface area contributed by atoms with Crippen LogP contribution in [-0.2, 0) is 9.47 Å². The van der Waals surface area contributed by atoms with E-state index in [1.165, 1.54) is 7.11 Å². The smallest absolute Gasteiger partial charge is 0.339 e. The van der Waals surface area contributed by atoms with Crippen molar-refractivity contribution < 1.29 is 19.0 Å². The number of methoxy groups -OCH3 is 2. The number of nitrogens with zero attached hydrogens (tertiary/aromatic N) is 3. The van der Waals surface area contributed by atoms with Crippen LogP contribution < -0.4 is 15.0 Å². The van der Waals surface area contributed by atoms with Gasteiger partial charge in [-0.3, -0.25) is 4.98 Å². The minimum Gasteiger partial charge on any atom is -0.490 e. The fourth-order valence-corrected chi connectivity index (χ4v) is 5.32. The van der Waals surface area contributed by atoms with Gasteiger partial charge < -0.3 is 29.0 Å². The minimum atomic E-state index is -0.417. The Morgan fingerprint density at radius 1 is 1.05 bits per heavy atom. The molecule has 1 saturated heterocycles. The first-order valence-corrected chi connectivity index (χ1v) is 13.1. The molecule has 39 heavy (non-hydrogen) atoms. The van der Waals surface area contributed by atoms with Crippen molar-refractivity contribution in [3.63, 3.8) is 0 Å². The number of para-hydroxylation sites is 1. The van der Waals surface area contributed by atoms with Gasteiger partial charge in [-0.2, -0.15) is 0 Å². The fourth-order valence-electron chi connectivity index (χ4n) is 4.75. The van der Waals surface area contributed by atoms with E-state index < -0.39 is 5.97 Å². The van der Waals surface area contributed by atoms with Gasteiger partial charge in [0.05, 0.1) is 41.7 Å². The van der Waals surface area contributed by atoms with Gasteiger partial charge in [-0.05, 0) is 66.8 Å². The monoisotopic (exact) mass is 562 g/mol. The van der Waals surface area contributed by atoms with E-state index in [2.05, 4.69) is 10.3 Å². The summed E-state index contributed by atoms with van der Waals surface area (Å²) in [6.45, 7) is 0.840. The third kappa shape index (κ3) is 5.34. The highest BCUT2D eigenvalue weighted by Crippen LogP contribution is 2.43. The lowest BCUT2D eigenvalue weighted by Gasteiger charge is -2.29. The molecule has 1 fully saturated rings. The zero-order valence-corrected chi connectivity index (χ0v) is 23.0. The minimum absolute atomic E-state index is 0.283. The van der Waals surface area contributed by atoms with Crippen molar-refractivity contribution in [1.29, 1.82) is 0 Å². The molecular formula is C29H27ClN4O4S. The zero-order valence-electron chi connectivity index (χ0n) is 21.4. The van der Waals surface area contributed by atoms with E-state index in [1.807, 2.05) is 82.4 Å². The van der Waals surface area contributed by atoms with Gasteiger partial charge in [0.25, 0.3) is 0 Å². The van der Waals surface area contributed by atoms with Crippen molar-refractivity contribution in [2.24, 2.45) is 0 Å². The molecule has 0 spiro atoms. The lowest BCUT2D eigenvalue weighted by atomic mass is 10.0. The van der Waals surface area contributed by atoms with Crippen LogP contribution in [0.4, 0.5) is 5.69 Å². The van der Waals surface area contributed by atoms with E-state index in [-0.39, 0.29) is 12.1 Å². The molecule has 0 aliphatic carbocycles. The quantitative estimate of drug-likeness (QED) is 0.162. The maximum absolute atomic E-state index is 12.6. The molecular weight excluding hydrogens is 536 g/mol. The fraction of sp³-hybridized carbons (Fsp3) is 0.207.